The fourth-order valence-corrected chi connectivity index (χ4v) is 4.64. The van der Waals surface area contributed by atoms with E-state index in [1.807, 2.05) is 13.8 Å². The molecular formula is C21H28FN3O2. The number of halogens is 1. The summed E-state index contributed by atoms with van der Waals surface area (Å²) in [6, 6.07) is 5.28. The van der Waals surface area contributed by atoms with Crippen LogP contribution in [-0.4, -0.2) is 47.7 Å². The molecule has 3 saturated heterocycles. The minimum Gasteiger partial charge on any atom is -0.496 e. The molecule has 6 heteroatoms. The van der Waals surface area contributed by atoms with Crippen LogP contribution < -0.4 is 4.74 Å². The molecule has 2 bridgehead atoms. The average molecular weight is 373 g/mol. The van der Waals surface area contributed by atoms with Crippen molar-refractivity contribution >= 4 is 0 Å². The first-order chi connectivity index (χ1) is 13.0. The zero-order valence-electron chi connectivity index (χ0n) is 16.4. The predicted molar refractivity (Wildman–Crippen MR) is 101 cm³/mol. The molecule has 1 aromatic heterocycles. The number of hydrogen-bond donors (Lipinski definition) is 0. The molecule has 3 aliphatic rings. The van der Waals surface area contributed by atoms with E-state index >= 15 is 0 Å². The van der Waals surface area contributed by atoms with Gasteiger partial charge in [-0.05, 0) is 50.8 Å². The van der Waals surface area contributed by atoms with Gasteiger partial charge in [-0.1, -0.05) is 5.16 Å². The molecule has 0 radical (unpaired) electrons. The van der Waals surface area contributed by atoms with Gasteiger partial charge in [0.1, 0.15) is 17.3 Å². The number of hydrogen-bond acceptors (Lipinski definition) is 5. The first-order valence-electron chi connectivity index (χ1n) is 9.74. The molecule has 2 aromatic rings. The summed E-state index contributed by atoms with van der Waals surface area (Å²) in [5.74, 6) is 2.13. The maximum atomic E-state index is 13.8. The maximum Gasteiger partial charge on any atom is 0.138 e. The molecule has 27 heavy (non-hydrogen) atoms. The molecular weight excluding hydrogens is 345 g/mol. The summed E-state index contributed by atoms with van der Waals surface area (Å²) in [6.07, 6.45) is 2.46. The van der Waals surface area contributed by atoms with Crippen molar-refractivity contribution in [3.8, 4) is 5.75 Å². The number of nitrogens with zero attached hydrogens (tertiary/aromatic N) is 3. The van der Waals surface area contributed by atoms with E-state index in [0.29, 0.717) is 12.0 Å². The van der Waals surface area contributed by atoms with Gasteiger partial charge in [-0.25, -0.2) is 4.39 Å². The van der Waals surface area contributed by atoms with Crippen molar-refractivity contribution in [1.29, 1.82) is 0 Å². The number of aryl methyl sites for hydroxylation is 2. The fraction of sp³-hybridized carbons (Fsp3) is 0.571. The molecule has 0 N–H and O–H groups in total. The summed E-state index contributed by atoms with van der Waals surface area (Å²) >= 11 is 0. The van der Waals surface area contributed by atoms with Crippen molar-refractivity contribution in [3.63, 3.8) is 0 Å². The van der Waals surface area contributed by atoms with Crippen LogP contribution in [0.1, 0.15) is 35.4 Å². The van der Waals surface area contributed by atoms with E-state index in [9.17, 15) is 4.39 Å². The van der Waals surface area contributed by atoms with Crippen molar-refractivity contribution < 1.29 is 13.7 Å². The highest BCUT2D eigenvalue weighted by Gasteiger charge is 2.35. The van der Waals surface area contributed by atoms with Crippen molar-refractivity contribution in [2.75, 3.05) is 26.7 Å². The molecule has 3 aliphatic heterocycles. The van der Waals surface area contributed by atoms with Crippen LogP contribution in [0.25, 0.3) is 0 Å². The molecule has 146 valence electrons. The molecule has 2 atom stereocenters. The Morgan fingerprint density at radius 1 is 1.19 bits per heavy atom. The van der Waals surface area contributed by atoms with Gasteiger partial charge in [-0.2, -0.15) is 0 Å². The normalized spacial score (nSPS) is 23.6. The molecule has 0 amide bonds. The summed E-state index contributed by atoms with van der Waals surface area (Å²) in [5, 5.41) is 4.10. The highest BCUT2D eigenvalue weighted by atomic mass is 19.1. The molecule has 0 unspecified atom stereocenters. The molecule has 5 rings (SSSR count). The van der Waals surface area contributed by atoms with E-state index in [2.05, 4.69) is 15.0 Å². The van der Waals surface area contributed by atoms with Crippen molar-refractivity contribution in [2.24, 2.45) is 5.92 Å². The minimum absolute atomic E-state index is 0.203. The summed E-state index contributed by atoms with van der Waals surface area (Å²) in [5.41, 5.74) is 3.14. The fourth-order valence-electron chi connectivity index (χ4n) is 4.64. The smallest absolute Gasteiger partial charge is 0.138 e. The Hall–Kier alpha value is -1.92. The molecule has 5 nitrogen and oxygen atoms in total. The quantitative estimate of drug-likeness (QED) is 0.802. The molecule has 4 heterocycles. The first kappa shape index (κ1) is 18.4. The number of rotatable bonds is 5. The van der Waals surface area contributed by atoms with E-state index in [0.717, 1.165) is 55.5 Å². The third-order valence-electron chi connectivity index (χ3n) is 6.08. The summed E-state index contributed by atoms with van der Waals surface area (Å²) in [4.78, 5) is 5.05. The summed E-state index contributed by atoms with van der Waals surface area (Å²) in [6.45, 7) is 8.82. The number of piperidine rings is 1. The summed E-state index contributed by atoms with van der Waals surface area (Å²) < 4.78 is 24.5. The van der Waals surface area contributed by atoms with Gasteiger partial charge in [0, 0.05) is 49.9 Å². The lowest BCUT2D eigenvalue weighted by Gasteiger charge is -2.36. The molecule has 0 spiro atoms. The lowest BCUT2D eigenvalue weighted by atomic mass is 9.94. The second-order valence-corrected chi connectivity index (χ2v) is 7.98. The Bertz CT molecular complexity index is 787. The highest BCUT2D eigenvalue weighted by Crippen LogP contribution is 2.32. The van der Waals surface area contributed by atoms with Crippen LogP contribution in [0.5, 0.6) is 5.75 Å². The van der Waals surface area contributed by atoms with E-state index < -0.39 is 0 Å². The van der Waals surface area contributed by atoms with E-state index in [1.165, 1.54) is 24.5 Å². The van der Waals surface area contributed by atoms with Gasteiger partial charge in [0.15, 0.2) is 0 Å². The van der Waals surface area contributed by atoms with Gasteiger partial charge in [0.25, 0.3) is 0 Å². The predicted octanol–water partition coefficient (Wildman–Crippen LogP) is 3.54. The van der Waals surface area contributed by atoms with Gasteiger partial charge in [0.05, 0.1) is 12.8 Å². The van der Waals surface area contributed by atoms with Crippen molar-refractivity contribution in [2.45, 2.75) is 45.8 Å². The Kier molecular flexibility index (Phi) is 5.19. The lowest BCUT2D eigenvalue weighted by Crippen LogP contribution is -2.43. The van der Waals surface area contributed by atoms with Crippen LogP contribution in [0.2, 0.25) is 0 Å². The number of methoxy groups -OCH3 is 1. The number of ether oxygens (including phenoxy) is 1. The molecule has 0 saturated carbocycles. The molecule has 3 fully saturated rings. The van der Waals surface area contributed by atoms with Gasteiger partial charge in [0.2, 0.25) is 0 Å². The third-order valence-corrected chi connectivity index (χ3v) is 6.08. The first-order valence-corrected chi connectivity index (χ1v) is 9.74. The number of benzene rings is 1. The Morgan fingerprint density at radius 3 is 2.78 bits per heavy atom. The van der Waals surface area contributed by atoms with Crippen LogP contribution in [0, 0.1) is 25.6 Å². The second kappa shape index (κ2) is 7.60. The van der Waals surface area contributed by atoms with Gasteiger partial charge in [-0.15, -0.1) is 0 Å². The van der Waals surface area contributed by atoms with Gasteiger partial charge in [-0.3, -0.25) is 9.80 Å². The Balaban J connectivity index is 1.49. The largest absolute Gasteiger partial charge is 0.496 e. The zero-order chi connectivity index (χ0) is 19.0. The minimum atomic E-state index is -0.203. The van der Waals surface area contributed by atoms with Crippen LogP contribution in [0.4, 0.5) is 4.39 Å². The van der Waals surface area contributed by atoms with Crippen LogP contribution in [0.15, 0.2) is 22.7 Å². The van der Waals surface area contributed by atoms with Gasteiger partial charge >= 0.3 is 0 Å². The second-order valence-electron chi connectivity index (χ2n) is 7.98. The Morgan fingerprint density at radius 2 is 2.04 bits per heavy atom. The molecule has 1 aromatic carbocycles. The number of aromatic nitrogens is 1. The SMILES string of the molecule is COc1ccc(F)cc1CN1C[C@H]2CC[C@@H]1CN(Cc1c(C)noc1C)C2. The average Bonchev–Trinajstić information content (AvgIpc) is 2.82. The van der Waals surface area contributed by atoms with Crippen LogP contribution >= 0.6 is 0 Å². The lowest BCUT2D eigenvalue weighted by molar-refractivity contribution is 0.122. The standard InChI is InChI=1S/C21H28FN3O2/c1-14-20(15(2)27-23-14)13-24-9-16-4-6-19(12-24)25(10-16)11-17-8-18(22)5-7-21(17)26-3/h5,7-8,16,19H,4,6,9-13H2,1-3H3/t16-,19+/m0/s1. The zero-order valence-corrected chi connectivity index (χ0v) is 16.4. The van der Waals surface area contributed by atoms with Crippen molar-refractivity contribution in [1.82, 2.24) is 15.0 Å². The van der Waals surface area contributed by atoms with Crippen LogP contribution in [-0.2, 0) is 13.1 Å². The maximum absolute atomic E-state index is 13.8. The topological polar surface area (TPSA) is 41.7 Å². The third kappa shape index (κ3) is 3.87. The van der Waals surface area contributed by atoms with E-state index in [1.54, 1.807) is 19.2 Å². The summed E-state index contributed by atoms with van der Waals surface area (Å²) in [7, 11) is 1.65. The molecule has 0 aliphatic carbocycles. The van der Waals surface area contributed by atoms with Crippen LogP contribution in [0.3, 0.4) is 0 Å². The van der Waals surface area contributed by atoms with E-state index in [4.69, 9.17) is 9.26 Å². The van der Waals surface area contributed by atoms with Crippen molar-refractivity contribution in [3.05, 3.63) is 46.6 Å². The van der Waals surface area contributed by atoms with Gasteiger partial charge < -0.3 is 9.26 Å². The van der Waals surface area contributed by atoms with E-state index in [-0.39, 0.29) is 5.82 Å². The number of fused-ring (bicyclic) bond motifs is 4. The highest BCUT2D eigenvalue weighted by molar-refractivity contribution is 5.34. The monoisotopic (exact) mass is 373 g/mol. The Labute approximate surface area is 160 Å².